The highest BCUT2D eigenvalue weighted by atomic mass is 16.2. The van der Waals surface area contributed by atoms with Crippen LogP contribution < -0.4 is 10.6 Å². The summed E-state index contributed by atoms with van der Waals surface area (Å²) >= 11 is 0. The van der Waals surface area contributed by atoms with Gasteiger partial charge in [-0.25, -0.2) is 0 Å². The Hall–Kier alpha value is -1.85. The first-order chi connectivity index (χ1) is 7.70. The molecule has 16 heavy (non-hydrogen) atoms. The second-order valence-electron chi connectivity index (χ2n) is 3.77. The molecule has 1 aromatic heterocycles. The maximum absolute atomic E-state index is 11.8. The zero-order chi connectivity index (χ0) is 11.5. The first-order valence-corrected chi connectivity index (χ1v) is 5.33. The van der Waals surface area contributed by atoms with Gasteiger partial charge in [0.15, 0.2) is 0 Å². The Labute approximate surface area is 92.8 Å². The third-order valence-electron chi connectivity index (χ3n) is 2.66. The van der Waals surface area contributed by atoms with Crippen molar-refractivity contribution in [2.75, 3.05) is 5.32 Å². The number of aromatic nitrogens is 2. The molecule has 0 saturated carbocycles. The van der Waals surface area contributed by atoms with Gasteiger partial charge in [0.2, 0.25) is 11.8 Å². The number of anilines is 1. The van der Waals surface area contributed by atoms with Gasteiger partial charge >= 0.3 is 0 Å². The van der Waals surface area contributed by atoms with Gasteiger partial charge < -0.3 is 10.6 Å². The van der Waals surface area contributed by atoms with Crippen LogP contribution >= 0.6 is 0 Å². The molecule has 3 N–H and O–H groups in total. The minimum Gasteiger partial charge on any atom is -0.344 e. The molecule has 2 amide bonds. The standard InChI is InChI=1S/C10H14N4O2/c1-2-6-5-11-14-9(6)13-10(16)7-3-4-8(15)12-7/h5,7H,2-4H2,1H3,(H,12,15)(H2,11,13,14,16). The van der Waals surface area contributed by atoms with Crippen LogP contribution in [-0.4, -0.2) is 28.1 Å². The van der Waals surface area contributed by atoms with Crippen molar-refractivity contribution < 1.29 is 9.59 Å². The van der Waals surface area contributed by atoms with Crippen molar-refractivity contribution >= 4 is 17.6 Å². The molecular weight excluding hydrogens is 208 g/mol. The number of hydrogen-bond acceptors (Lipinski definition) is 3. The summed E-state index contributed by atoms with van der Waals surface area (Å²) in [5.74, 6) is 0.360. The Morgan fingerprint density at radius 1 is 1.69 bits per heavy atom. The zero-order valence-electron chi connectivity index (χ0n) is 9.04. The van der Waals surface area contributed by atoms with Crippen LogP contribution in [0.5, 0.6) is 0 Å². The van der Waals surface area contributed by atoms with E-state index in [-0.39, 0.29) is 11.8 Å². The molecule has 0 aromatic carbocycles. The summed E-state index contributed by atoms with van der Waals surface area (Å²) in [7, 11) is 0. The highest BCUT2D eigenvalue weighted by Crippen LogP contribution is 2.13. The number of hydrogen-bond donors (Lipinski definition) is 3. The van der Waals surface area contributed by atoms with E-state index >= 15 is 0 Å². The Kier molecular flexibility index (Phi) is 2.89. The van der Waals surface area contributed by atoms with Gasteiger partial charge in [0, 0.05) is 12.0 Å². The molecule has 2 rings (SSSR count). The van der Waals surface area contributed by atoms with Crippen LogP contribution in [0.1, 0.15) is 25.3 Å². The molecule has 2 heterocycles. The molecule has 0 bridgehead atoms. The van der Waals surface area contributed by atoms with E-state index in [0.717, 1.165) is 12.0 Å². The Morgan fingerprint density at radius 3 is 3.12 bits per heavy atom. The van der Waals surface area contributed by atoms with Gasteiger partial charge in [0.05, 0.1) is 6.20 Å². The van der Waals surface area contributed by atoms with Crippen LogP contribution in [0.3, 0.4) is 0 Å². The molecule has 1 saturated heterocycles. The fourth-order valence-corrected chi connectivity index (χ4v) is 1.71. The van der Waals surface area contributed by atoms with Crippen molar-refractivity contribution in [3.05, 3.63) is 11.8 Å². The normalized spacial score (nSPS) is 19.6. The van der Waals surface area contributed by atoms with Crippen molar-refractivity contribution in [1.29, 1.82) is 0 Å². The third-order valence-corrected chi connectivity index (χ3v) is 2.66. The first kappa shape index (κ1) is 10.7. The van der Waals surface area contributed by atoms with E-state index in [1.165, 1.54) is 0 Å². The molecule has 86 valence electrons. The predicted molar refractivity (Wildman–Crippen MR) is 57.8 cm³/mol. The predicted octanol–water partition coefficient (Wildman–Crippen LogP) is 0.189. The smallest absolute Gasteiger partial charge is 0.248 e. The Bertz CT molecular complexity index is 413. The number of H-pyrrole nitrogens is 1. The molecular formula is C10H14N4O2. The summed E-state index contributed by atoms with van der Waals surface area (Å²) in [6.45, 7) is 1.98. The number of nitrogens with zero attached hydrogens (tertiary/aromatic N) is 1. The van der Waals surface area contributed by atoms with E-state index in [1.54, 1.807) is 6.20 Å². The van der Waals surface area contributed by atoms with Crippen molar-refractivity contribution in [1.82, 2.24) is 15.5 Å². The molecule has 0 aliphatic carbocycles. The number of carbonyl (C=O) groups excluding carboxylic acids is 2. The minimum absolute atomic E-state index is 0.0690. The van der Waals surface area contributed by atoms with Crippen LogP contribution in [0.4, 0.5) is 5.82 Å². The zero-order valence-corrected chi connectivity index (χ0v) is 9.04. The number of amides is 2. The number of rotatable bonds is 3. The number of aromatic amines is 1. The lowest BCUT2D eigenvalue weighted by Crippen LogP contribution is -2.37. The molecule has 1 unspecified atom stereocenters. The lowest BCUT2D eigenvalue weighted by molar-refractivity contribution is -0.122. The molecule has 1 fully saturated rings. The van der Waals surface area contributed by atoms with E-state index < -0.39 is 6.04 Å². The third kappa shape index (κ3) is 2.05. The minimum atomic E-state index is -0.416. The van der Waals surface area contributed by atoms with Gasteiger partial charge in [-0.1, -0.05) is 6.92 Å². The number of carbonyl (C=O) groups is 2. The monoisotopic (exact) mass is 222 g/mol. The van der Waals surface area contributed by atoms with Crippen molar-refractivity contribution in [3.63, 3.8) is 0 Å². The Morgan fingerprint density at radius 2 is 2.50 bits per heavy atom. The van der Waals surface area contributed by atoms with Crippen LogP contribution in [0, 0.1) is 0 Å². The topological polar surface area (TPSA) is 86.9 Å². The largest absolute Gasteiger partial charge is 0.344 e. The van der Waals surface area contributed by atoms with Gasteiger partial charge in [0.25, 0.3) is 0 Å². The van der Waals surface area contributed by atoms with Crippen molar-refractivity contribution in [2.24, 2.45) is 0 Å². The Balaban J connectivity index is 1.99. The molecule has 1 aliphatic heterocycles. The fourth-order valence-electron chi connectivity index (χ4n) is 1.71. The van der Waals surface area contributed by atoms with Crippen molar-refractivity contribution in [3.8, 4) is 0 Å². The van der Waals surface area contributed by atoms with E-state index in [2.05, 4.69) is 20.8 Å². The molecule has 0 spiro atoms. The molecule has 0 radical (unpaired) electrons. The summed E-state index contributed by atoms with van der Waals surface area (Å²) < 4.78 is 0. The summed E-state index contributed by atoms with van der Waals surface area (Å²) in [6.07, 6.45) is 3.45. The number of nitrogens with one attached hydrogen (secondary N) is 3. The average molecular weight is 222 g/mol. The van der Waals surface area contributed by atoms with Gasteiger partial charge in [-0.3, -0.25) is 14.7 Å². The lowest BCUT2D eigenvalue weighted by atomic mass is 10.2. The van der Waals surface area contributed by atoms with E-state index in [1.807, 2.05) is 6.92 Å². The molecule has 6 nitrogen and oxygen atoms in total. The first-order valence-electron chi connectivity index (χ1n) is 5.33. The summed E-state index contributed by atoms with van der Waals surface area (Å²) in [6, 6.07) is -0.416. The SMILES string of the molecule is CCc1cn[nH]c1NC(=O)C1CCC(=O)N1. The maximum Gasteiger partial charge on any atom is 0.248 e. The van der Waals surface area contributed by atoms with Crippen LogP contribution in [0.25, 0.3) is 0 Å². The van der Waals surface area contributed by atoms with E-state index in [0.29, 0.717) is 18.7 Å². The fraction of sp³-hybridized carbons (Fsp3) is 0.500. The van der Waals surface area contributed by atoms with Gasteiger partial charge in [-0.15, -0.1) is 0 Å². The van der Waals surface area contributed by atoms with E-state index in [4.69, 9.17) is 0 Å². The second kappa shape index (κ2) is 4.34. The molecule has 1 aliphatic rings. The second-order valence-corrected chi connectivity index (χ2v) is 3.77. The van der Waals surface area contributed by atoms with Crippen LogP contribution in [0.2, 0.25) is 0 Å². The van der Waals surface area contributed by atoms with Crippen LogP contribution in [0.15, 0.2) is 6.20 Å². The highest BCUT2D eigenvalue weighted by molar-refractivity contribution is 5.98. The highest BCUT2D eigenvalue weighted by Gasteiger charge is 2.27. The quantitative estimate of drug-likeness (QED) is 0.682. The van der Waals surface area contributed by atoms with Crippen LogP contribution in [-0.2, 0) is 16.0 Å². The maximum atomic E-state index is 11.8. The van der Waals surface area contributed by atoms with Gasteiger partial charge in [-0.2, -0.15) is 5.10 Å². The lowest BCUT2D eigenvalue weighted by Gasteiger charge is -2.10. The van der Waals surface area contributed by atoms with Crippen molar-refractivity contribution in [2.45, 2.75) is 32.2 Å². The van der Waals surface area contributed by atoms with Gasteiger partial charge in [-0.05, 0) is 12.8 Å². The van der Waals surface area contributed by atoms with Gasteiger partial charge in [0.1, 0.15) is 11.9 Å². The molecule has 6 heteroatoms. The number of aryl methyl sites for hydroxylation is 1. The summed E-state index contributed by atoms with van der Waals surface area (Å²) in [5, 5.41) is 11.9. The summed E-state index contributed by atoms with van der Waals surface area (Å²) in [5.41, 5.74) is 0.956. The molecule has 1 atom stereocenters. The average Bonchev–Trinajstić information content (AvgIpc) is 2.86. The van der Waals surface area contributed by atoms with E-state index in [9.17, 15) is 9.59 Å². The summed E-state index contributed by atoms with van der Waals surface area (Å²) in [4.78, 5) is 22.7. The molecule has 1 aromatic rings.